The first-order chi connectivity index (χ1) is 12.3. The van der Waals surface area contributed by atoms with Gasteiger partial charge in [-0.1, -0.05) is 0 Å². The highest BCUT2D eigenvalue weighted by Gasteiger charge is 2.25. The summed E-state index contributed by atoms with van der Waals surface area (Å²) in [5, 5.41) is 2.98. The number of nitrogens with zero attached hydrogens (tertiary/aromatic N) is 3. The van der Waals surface area contributed by atoms with Gasteiger partial charge in [-0.15, -0.1) is 0 Å². The molecule has 2 aromatic heterocycles. The largest absolute Gasteiger partial charge is 0.467 e. The Balaban J connectivity index is 1.54. The third kappa shape index (κ3) is 2.51. The molecule has 0 unspecified atom stereocenters. The topological polar surface area (TPSA) is 60.1 Å². The molecule has 1 aromatic carbocycles. The second-order valence-corrected chi connectivity index (χ2v) is 6.85. The molecular weight excluding hydrogens is 338 g/mol. The van der Waals surface area contributed by atoms with Crippen molar-refractivity contribution in [3.05, 3.63) is 47.9 Å². The van der Waals surface area contributed by atoms with Crippen molar-refractivity contribution in [2.75, 3.05) is 13.8 Å². The van der Waals surface area contributed by atoms with Gasteiger partial charge in [0.05, 0.1) is 18.3 Å². The van der Waals surface area contributed by atoms with Gasteiger partial charge in [0.2, 0.25) is 6.79 Å². The van der Waals surface area contributed by atoms with Crippen LogP contribution in [-0.2, 0) is 13.1 Å². The van der Waals surface area contributed by atoms with Gasteiger partial charge >= 0.3 is 0 Å². The lowest BCUT2D eigenvalue weighted by Crippen LogP contribution is -2.31. The van der Waals surface area contributed by atoms with Gasteiger partial charge in [0, 0.05) is 30.6 Å². The highest BCUT2D eigenvalue weighted by molar-refractivity contribution is 8.13. The number of hydrogen-bond donors (Lipinski definition) is 0. The van der Waals surface area contributed by atoms with Crippen LogP contribution >= 0.6 is 11.8 Å². The number of rotatable bonds is 2. The van der Waals surface area contributed by atoms with Crippen molar-refractivity contribution in [2.45, 2.75) is 18.1 Å². The number of hydrogen-bond acceptors (Lipinski definition) is 6. The maximum Gasteiger partial charge on any atom is 0.231 e. The van der Waals surface area contributed by atoms with Gasteiger partial charge in [-0.25, -0.2) is 4.98 Å². The van der Waals surface area contributed by atoms with Crippen molar-refractivity contribution in [1.29, 1.82) is 0 Å². The molecule has 0 N–H and O–H groups in total. The highest BCUT2D eigenvalue weighted by Crippen LogP contribution is 2.39. The Morgan fingerprint density at radius 3 is 2.92 bits per heavy atom. The molecule has 3 aromatic rings. The first-order valence-electron chi connectivity index (χ1n) is 7.95. The van der Waals surface area contributed by atoms with E-state index in [1.54, 1.807) is 18.0 Å². The zero-order valence-electron chi connectivity index (χ0n) is 13.6. The van der Waals surface area contributed by atoms with E-state index >= 15 is 0 Å². The fraction of sp³-hybridized carbons (Fsp3) is 0.222. The van der Waals surface area contributed by atoms with Gasteiger partial charge in [-0.05, 0) is 36.0 Å². The smallest absolute Gasteiger partial charge is 0.231 e. The SMILES string of the molecule is CN=C1Sc2nc3cc4c(cc3cc2CN1Cc1ccco1)OCO4. The van der Waals surface area contributed by atoms with E-state index in [4.69, 9.17) is 18.9 Å². The van der Waals surface area contributed by atoms with E-state index in [2.05, 4.69) is 16.0 Å². The van der Waals surface area contributed by atoms with Crippen LogP contribution in [-0.4, -0.2) is 28.9 Å². The minimum absolute atomic E-state index is 0.268. The number of aliphatic imine (C=N–C) groups is 1. The number of aromatic nitrogens is 1. The van der Waals surface area contributed by atoms with Crippen LogP contribution < -0.4 is 9.47 Å². The van der Waals surface area contributed by atoms with Crippen molar-refractivity contribution in [3.63, 3.8) is 0 Å². The molecular formula is C18H15N3O3S. The zero-order valence-corrected chi connectivity index (χ0v) is 14.4. The Labute approximate surface area is 148 Å². The van der Waals surface area contributed by atoms with Crippen molar-refractivity contribution in [1.82, 2.24) is 9.88 Å². The molecule has 0 radical (unpaired) electrons. The number of pyridine rings is 1. The molecule has 0 saturated carbocycles. The molecule has 25 heavy (non-hydrogen) atoms. The van der Waals surface area contributed by atoms with Gasteiger partial charge in [-0.3, -0.25) is 4.99 Å². The molecule has 126 valence electrons. The fourth-order valence-corrected chi connectivity index (χ4v) is 4.04. The predicted molar refractivity (Wildman–Crippen MR) is 95.0 cm³/mol. The van der Waals surface area contributed by atoms with Crippen LogP contribution in [0.2, 0.25) is 0 Å². The van der Waals surface area contributed by atoms with Crippen LogP contribution in [0, 0.1) is 0 Å². The summed E-state index contributed by atoms with van der Waals surface area (Å²) in [5.74, 6) is 2.45. The summed E-state index contributed by atoms with van der Waals surface area (Å²) in [6, 6.07) is 9.99. The molecule has 0 bridgehead atoms. The molecule has 0 spiro atoms. The average molecular weight is 353 g/mol. The maximum absolute atomic E-state index is 5.49. The van der Waals surface area contributed by atoms with E-state index in [1.807, 2.05) is 31.3 Å². The minimum atomic E-state index is 0.268. The standard InChI is InChI=1S/C18H15N3O3S/c1-19-18-21(9-13-3-2-4-22-13)8-12-5-11-6-15-16(24-10-23-15)7-14(11)20-17(12)25-18/h2-7H,8-10H2,1H3. The Morgan fingerprint density at radius 2 is 2.12 bits per heavy atom. The van der Waals surface area contributed by atoms with Crippen LogP contribution in [0.5, 0.6) is 11.5 Å². The lowest BCUT2D eigenvalue weighted by atomic mass is 10.1. The van der Waals surface area contributed by atoms with E-state index in [0.717, 1.165) is 44.9 Å². The molecule has 2 aliphatic rings. The normalized spacial score (nSPS) is 17.3. The molecule has 0 aliphatic carbocycles. The summed E-state index contributed by atoms with van der Waals surface area (Å²) in [5.41, 5.74) is 2.08. The molecule has 2 aliphatic heterocycles. The van der Waals surface area contributed by atoms with Gasteiger partial charge in [-0.2, -0.15) is 0 Å². The van der Waals surface area contributed by atoms with E-state index in [1.165, 1.54) is 5.56 Å². The van der Waals surface area contributed by atoms with Crippen LogP contribution in [0.3, 0.4) is 0 Å². The van der Waals surface area contributed by atoms with Crippen LogP contribution in [0.15, 0.2) is 51.0 Å². The number of thioether (sulfide) groups is 1. The Bertz CT molecular complexity index is 985. The zero-order chi connectivity index (χ0) is 16.8. The molecule has 0 saturated heterocycles. The van der Waals surface area contributed by atoms with Crippen LogP contribution in [0.1, 0.15) is 11.3 Å². The van der Waals surface area contributed by atoms with Gasteiger partial charge in [0.15, 0.2) is 16.7 Å². The third-order valence-corrected chi connectivity index (χ3v) is 5.46. The first-order valence-corrected chi connectivity index (χ1v) is 8.77. The summed E-state index contributed by atoms with van der Waals surface area (Å²) < 4.78 is 16.4. The number of fused-ring (bicyclic) bond motifs is 3. The van der Waals surface area contributed by atoms with Crippen molar-refractivity contribution in [3.8, 4) is 11.5 Å². The van der Waals surface area contributed by atoms with E-state index < -0.39 is 0 Å². The Kier molecular flexibility index (Phi) is 3.34. The molecule has 4 heterocycles. The lowest BCUT2D eigenvalue weighted by Gasteiger charge is -2.30. The van der Waals surface area contributed by atoms with Crippen LogP contribution in [0.4, 0.5) is 0 Å². The van der Waals surface area contributed by atoms with Gasteiger partial charge < -0.3 is 18.8 Å². The molecule has 0 fully saturated rings. The summed E-state index contributed by atoms with van der Waals surface area (Å²) >= 11 is 1.59. The Hall–Kier alpha value is -2.67. The monoisotopic (exact) mass is 353 g/mol. The molecule has 5 rings (SSSR count). The highest BCUT2D eigenvalue weighted by atomic mass is 32.2. The summed E-state index contributed by atoms with van der Waals surface area (Å²) in [6.45, 7) is 1.70. The number of amidine groups is 1. The van der Waals surface area contributed by atoms with Crippen molar-refractivity contribution >= 4 is 27.8 Å². The van der Waals surface area contributed by atoms with Gasteiger partial charge in [0.25, 0.3) is 0 Å². The second kappa shape index (κ2) is 5.70. The Morgan fingerprint density at radius 1 is 1.24 bits per heavy atom. The second-order valence-electron chi connectivity index (χ2n) is 5.89. The summed E-state index contributed by atoms with van der Waals surface area (Å²) in [4.78, 5) is 11.4. The van der Waals surface area contributed by atoms with Crippen molar-refractivity contribution < 1.29 is 13.9 Å². The molecule has 7 heteroatoms. The fourth-order valence-electron chi connectivity index (χ4n) is 3.12. The summed E-state index contributed by atoms with van der Waals surface area (Å²) in [6.07, 6.45) is 1.70. The molecule has 0 atom stereocenters. The first kappa shape index (κ1) is 14.7. The number of ether oxygens (including phenoxy) is 2. The minimum Gasteiger partial charge on any atom is -0.467 e. The van der Waals surface area contributed by atoms with Crippen molar-refractivity contribution in [2.24, 2.45) is 4.99 Å². The maximum atomic E-state index is 5.49. The molecule has 6 nitrogen and oxygen atoms in total. The quantitative estimate of drug-likeness (QED) is 0.701. The molecule has 0 amide bonds. The number of furan rings is 1. The van der Waals surface area contributed by atoms with E-state index in [9.17, 15) is 0 Å². The van der Waals surface area contributed by atoms with Gasteiger partial charge in [0.1, 0.15) is 10.8 Å². The van der Waals surface area contributed by atoms with E-state index in [-0.39, 0.29) is 6.79 Å². The lowest BCUT2D eigenvalue weighted by molar-refractivity contribution is 0.174. The third-order valence-electron chi connectivity index (χ3n) is 4.29. The summed E-state index contributed by atoms with van der Waals surface area (Å²) in [7, 11) is 1.81. The van der Waals surface area contributed by atoms with E-state index in [0.29, 0.717) is 6.54 Å². The predicted octanol–water partition coefficient (Wildman–Crippen LogP) is 3.65. The average Bonchev–Trinajstić information content (AvgIpc) is 3.28. The number of benzene rings is 1. The van der Waals surface area contributed by atoms with Crippen LogP contribution in [0.25, 0.3) is 10.9 Å².